The van der Waals surface area contributed by atoms with Gasteiger partial charge in [-0.15, -0.1) is 5.10 Å². The first kappa shape index (κ1) is 12.8. The van der Waals surface area contributed by atoms with Gasteiger partial charge in [-0.3, -0.25) is 4.68 Å². The van der Waals surface area contributed by atoms with Crippen LogP contribution in [-0.2, 0) is 6.54 Å². The second-order valence-corrected chi connectivity index (χ2v) is 5.04. The Bertz CT molecular complexity index is 724. The molecule has 0 saturated heterocycles. The molecule has 6 heteroatoms. The summed E-state index contributed by atoms with van der Waals surface area (Å²) >= 11 is 0. The smallest absolute Gasteiger partial charge is 0.163 e. The molecule has 6 nitrogen and oxygen atoms in total. The zero-order valence-electron chi connectivity index (χ0n) is 11.7. The molecule has 104 valence electrons. The predicted octanol–water partition coefficient (Wildman–Crippen LogP) is 1.83. The minimum Gasteiger partial charge on any atom is -0.329 e. The Morgan fingerprint density at radius 3 is 2.80 bits per heavy atom. The Balaban J connectivity index is 2.16. The van der Waals surface area contributed by atoms with Crippen LogP contribution in [0.4, 0.5) is 0 Å². The quantitative estimate of drug-likeness (QED) is 0.785. The van der Waals surface area contributed by atoms with Crippen LogP contribution in [0.5, 0.6) is 0 Å². The van der Waals surface area contributed by atoms with Gasteiger partial charge in [-0.1, -0.05) is 17.3 Å². The third-order valence-corrected chi connectivity index (χ3v) is 3.24. The van der Waals surface area contributed by atoms with Crippen molar-refractivity contribution in [2.45, 2.75) is 26.4 Å². The first-order valence-electron chi connectivity index (χ1n) is 6.78. The summed E-state index contributed by atoms with van der Waals surface area (Å²) in [5, 5.41) is 8.30. The van der Waals surface area contributed by atoms with Crippen LogP contribution >= 0.6 is 0 Å². The molecular formula is C14H18N6. The van der Waals surface area contributed by atoms with E-state index in [0.29, 0.717) is 19.1 Å². The van der Waals surface area contributed by atoms with Crippen molar-refractivity contribution >= 4 is 11.0 Å². The molecule has 2 heterocycles. The molecular weight excluding hydrogens is 252 g/mol. The van der Waals surface area contributed by atoms with Gasteiger partial charge in [-0.25, -0.2) is 4.98 Å². The maximum Gasteiger partial charge on any atom is 0.163 e. The molecule has 0 fully saturated rings. The Morgan fingerprint density at radius 2 is 2.05 bits per heavy atom. The van der Waals surface area contributed by atoms with E-state index in [1.54, 1.807) is 4.68 Å². The van der Waals surface area contributed by atoms with Crippen molar-refractivity contribution in [1.82, 2.24) is 24.5 Å². The number of aromatic nitrogens is 5. The van der Waals surface area contributed by atoms with Gasteiger partial charge in [-0.2, -0.15) is 0 Å². The van der Waals surface area contributed by atoms with Crippen LogP contribution in [0.1, 0.15) is 19.9 Å². The second-order valence-electron chi connectivity index (χ2n) is 5.04. The zero-order chi connectivity index (χ0) is 14.1. The first-order chi connectivity index (χ1) is 9.70. The third-order valence-electron chi connectivity index (χ3n) is 3.24. The maximum absolute atomic E-state index is 5.54. The van der Waals surface area contributed by atoms with Crippen LogP contribution < -0.4 is 5.73 Å². The molecule has 0 radical (unpaired) electrons. The fourth-order valence-corrected chi connectivity index (χ4v) is 2.39. The molecule has 0 spiro atoms. The number of para-hydroxylation sites is 2. The molecule has 2 N–H and O–H groups in total. The van der Waals surface area contributed by atoms with E-state index in [0.717, 1.165) is 22.6 Å². The summed E-state index contributed by atoms with van der Waals surface area (Å²) in [7, 11) is 0. The normalized spacial score (nSPS) is 11.6. The molecule has 0 atom stereocenters. The van der Waals surface area contributed by atoms with Gasteiger partial charge in [0.15, 0.2) is 5.82 Å². The van der Waals surface area contributed by atoms with E-state index in [2.05, 4.69) is 34.8 Å². The number of nitrogens with zero attached hydrogens (tertiary/aromatic N) is 5. The average Bonchev–Trinajstić information content (AvgIpc) is 3.02. The molecule has 3 aromatic rings. The second kappa shape index (κ2) is 5.05. The van der Waals surface area contributed by atoms with Crippen molar-refractivity contribution in [2.24, 2.45) is 5.73 Å². The van der Waals surface area contributed by atoms with E-state index < -0.39 is 0 Å². The van der Waals surface area contributed by atoms with Crippen molar-refractivity contribution in [2.75, 3.05) is 6.54 Å². The topological polar surface area (TPSA) is 74.5 Å². The van der Waals surface area contributed by atoms with Gasteiger partial charge >= 0.3 is 0 Å². The summed E-state index contributed by atoms with van der Waals surface area (Å²) in [6.07, 6.45) is 1.90. The zero-order valence-corrected chi connectivity index (χ0v) is 11.7. The molecule has 0 aliphatic carbocycles. The van der Waals surface area contributed by atoms with Gasteiger partial charge in [0.05, 0.1) is 23.8 Å². The van der Waals surface area contributed by atoms with Crippen molar-refractivity contribution < 1.29 is 0 Å². The Hall–Kier alpha value is -2.21. The van der Waals surface area contributed by atoms with E-state index in [1.165, 1.54) is 0 Å². The Morgan fingerprint density at radius 1 is 1.25 bits per heavy atom. The van der Waals surface area contributed by atoms with Crippen LogP contribution in [0.2, 0.25) is 0 Å². The molecule has 1 aromatic carbocycles. The molecule has 0 aliphatic rings. The van der Waals surface area contributed by atoms with Gasteiger partial charge in [0.1, 0.15) is 5.69 Å². The van der Waals surface area contributed by atoms with E-state index in [9.17, 15) is 0 Å². The highest BCUT2D eigenvalue weighted by Gasteiger charge is 2.17. The molecule has 20 heavy (non-hydrogen) atoms. The number of imidazole rings is 1. The van der Waals surface area contributed by atoms with Crippen molar-refractivity contribution in [3.8, 4) is 11.5 Å². The number of fused-ring (bicyclic) bond motifs is 1. The van der Waals surface area contributed by atoms with E-state index in [1.807, 2.05) is 24.4 Å². The number of hydrogen-bond donors (Lipinski definition) is 1. The molecule has 0 saturated carbocycles. The highest BCUT2D eigenvalue weighted by Crippen LogP contribution is 2.26. The highest BCUT2D eigenvalue weighted by atomic mass is 15.4. The van der Waals surface area contributed by atoms with E-state index >= 15 is 0 Å². The lowest BCUT2D eigenvalue weighted by atomic mass is 10.3. The maximum atomic E-state index is 5.54. The summed E-state index contributed by atoms with van der Waals surface area (Å²) < 4.78 is 3.94. The molecule has 2 aromatic heterocycles. The number of nitrogens with two attached hydrogens (primary N) is 1. The van der Waals surface area contributed by atoms with Crippen LogP contribution in [0, 0.1) is 0 Å². The number of hydrogen-bond acceptors (Lipinski definition) is 4. The van der Waals surface area contributed by atoms with E-state index in [-0.39, 0.29) is 0 Å². The Kier molecular flexibility index (Phi) is 3.23. The van der Waals surface area contributed by atoms with E-state index in [4.69, 9.17) is 10.7 Å². The van der Waals surface area contributed by atoms with Crippen molar-refractivity contribution in [3.63, 3.8) is 0 Å². The fraction of sp³-hybridized carbons (Fsp3) is 0.357. The van der Waals surface area contributed by atoms with Crippen LogP contribution in [-0.4, -0.2) is 31.1 Å². The average molecular weight is 270 g/mol. The largest absolute Gasteiger partial charge is 0.329 e. The van der Waals surface area contributed by atoms with Crippen LogP contribution in [0.15, 0.2) is 30.5 Å². The van der Waals surface area contributed by atoms with Crippen molar-refractivity contribution in [1.29, 1.82) is 0 Å². The monoisotopic (exact) mass is 270 g/mol. The standard InChI is InChI=1S/C14H18N6/c1-10(2)20-13-6-4-3-5-11(13)16-14(20)12-9-19(8-7-15)18-17-12/h3-6,9-10H,7-8,15H2,1-2H3. The molecule has 3 rings (SSSR count). The van der Waals surface area contributed by atoms with Crippen LogP contribution in [0.25, 0.3) is 22.6 Å². The molecule has 0 amide bonds. The highest BCUT2D eigenvalue weighted by molar-refractivity contribution is 5.80. The molecule has 0 bridgehead atoms. The molecule has 0 unspecified atom stereocenters. The summed E-state index contributed by atoms with van der Waals surface area (Å²) in [5.41, 5.74) is 8.41. The Labute approximate surface area is 117 Å². The minimum absolute atomic E-state index is 0.303. The lowest BCUT2D eigenvalue weighted by molar-refractivity contribution is 0.598. The lowest BCUT2D eigenvalue weighted by Crippen LogP contribution is -2.10. The van der Waals surface area contributed by atoms with Gasteiger partial charge in [-0.05, 0) is 26.0 Å². The van der Waals surface area contributed by atoms with Crippen LogP contribution in [0.3, 0.4) is 0 Å². The SMILES string of the molecule is CC(C)n1c(-c2cn(CCN)nn2)nc2ccccc21. The summed E-state index contributed by atoms with van der Waals surface area (Å²) in [5.74, 6) is 0.851. The number of benzene rings is 1. The minimum atomic E-state index is 0.303. The molecule has 0 aliphatic heterocycles. The third kappa shape index (κ3) is 2.08. The fourth-order valence-electron chi connectivity index (χ4n) is 2.39. The summed E-state index contributed by atoms with van der Waals surface area (Å²) in [6.45, 7) is 5.49. The lowest BCUT2D eigenvalue weighted by Gasteiger charge is -2.11. The van der Waals surface area contributed by atoms with Crippen molar-refractivity contribution in [3.05, 3.63) is 30.5 Å². The summed E-state index contributed by atoms with van der Waals surface area (Å²) in [6, 6.07) is 8.42. The van der Waals surface area contributed by atoms with Gasteiger partial charge in [0.25, 0.3) is 0 Å². The van der Waals surface area contributed by atoms with Gasteiger partial charge in [0, 0.05) is 12.6 Å². The number of rotatable bonds is 4. The van der Waals surface area contributed by atoms with Gasteiger partial charge in [0.2, 0.25) is 0 Å². The first-order valence-corrected chi connectivity index (χ1v) is 6.78. The predicted molar refractivity (Wildman–Crippen MR) is 78.2 cm³/mol. The van der Waals surface area contributed by atoms with Gasteiger partial charge < -0.3 is 10.3 Å². The summed E-state index contributed by atoms with van der Waals surface area (Å²) in [4.78, 5) is 4.69.